The van der Waals surface area contributed by atoms with Gasteiger partial charge in [-0.3, -0.25) is 65.0 Å². The zero-order valence-electron chi connectivity index (χ0n) is 46.0. The summed E-state index contributed by atoms with van der Waals surface area (Å²) >= 11 is 0. The number of carbonyl (C=O) groups excluding carboxylic acids is 1. The van der Waals surface area contributed by atoms with Crippen LogP contribution in [-0.2, 0) is 27.2 Å². The number of nitrogen functional groups attached to an aromatic ring is 1. The van der Waals surface area contributed by atoms with Gasteiger partial charge in [0, 0.05) is 64.3 Å². The van der Waals surface area contributed by atoms with E-state index in [1.165, 1.54) is 71.9 Å². The molecule has 31 heteroatoms. The summed E-state index contributed by atoms with van der Waals surface area (Å²) in [5, 5.41) is 61.2. The second-order valence-electron chi connectivity index (χ2n) is 17.2. The van der Waals surface area contributed by atoms with E-state index in [2.05, 4.69) is 29.9 Å². The molecule has 4 N–H and O–H groups in total. The highest BCUT2D eigenvalue weighted by molar-refractivity contribution is 5.74. The zero-order valence-corrected chi connectivity index (χ0v) is 46.0. The molecule has 430 valence electrons. The van der Waals surface area contributed by atoms with Crippen LogP contribution in [0.15, 0.2) is 65.8 Å². The Morgan fingerprint density at radius 3 is 1.38 bits per heavy atom. The van der Waals surface area contributed by atoms with Crippen molar-refractivity contribution < 1.29 is 63.0 Å². The monoisotopic (exact) mass is 1120 g/mol. The van der Waals surface area contributed by atoms with Crippen LogP contribution < -0.4 is 30.2 Å². The smallest absolute Gasteiger partial charge is 0.312 e. The molecular weight excluding hydrogens is 1060 g/mol. The van der Waals surface area contributed by atoms with E-state index in [0.29, 0.717) is 51.1 Å². The Kier molecular flexibility index (Phi) is 26.7. The SMILES string of the molecule is COc1nc(C)c([N+](=O)[O-])cc1C.COc1nc(CC(=O)O)c([N+](=O)[O-])cc1C.COc1nc(CC(=O)OC(C)(C)C)c([N+](=O)[O-])cc1C.COc1ncc([N+](=O)[O-])cc1C.Cc1cc([N+](=O)[O-])c[nH]c1=O.Cc1cccnc1N. The molecule has 0 aromatic carbocycles. The molecule has 6 rings (SSSR count). The maximum Gasteiger partial charge on any atom is 0.312 e. The molecule has 0 unspecified atom stereocenters. The summed E-state index contributed by atoms with van der Waals surface area (Å²) in [6.45, 7) is 16.9. The van der Waals surface area contributed by atoms with Crippen molar-refractivity contribution in [3.63, 3.8) is 0 Å². The van der Waals surface area contributed by atoms with E-state index in [1.807, 2.05) is 19.1 Å². The van der Waals surface area contributed by atoms with Crippen LogP contribution in [0.4, 0.5) is 34.3 Å². The van der Waals surface area contributed by atoms with Gasteiger partial charge in [-0.1, -0.05) is 6.07 Å². The Morgan fingerprint density at radius 1 is 0.588 bits per heavy atom. The number of hydrogen-bond donors (Lipinski definition) is 3. The summed E-state index contributed by atoms with van der Waals surface area (Å²) in [5.74, 6) is 0.174. The molecule has 80 heavy (non-hydrogen) atoms. The van der Waals surface area contributed by atoms with E-state index >= 15 is 0 Å². The van der Waals surface area contributed by atoms with Crippen molar-refractivity contribution in [2.45, 2.75) is 87.7 Å². The number of carboxylic acids is 1. The lowest BCUT2D eigenvalue weighted by molar-refractivity contribution is -0.386. The Bertz CT molecular complexity index is 3230. The quantitative estimate of drug-likeness (QED) is 0.0568. The molecule has 0 atom stereocenters. The average molecular weight is 1120 g/mol. The van der Waals surface area contributed by atoms with Gasteiger partial charge in [-0.15, -0.1) is 0 Å². The number of aliphatic carboxylic acids is 1. The fourth-order valence-corrected chi connectivity index (χ4v) is 5.99. The second kappa shape index (κ2) is 31.6. The van der Waals surface area contributed by atoms with Gasteiger partial charge in [0.25, 0.3) is 34.0 Å². The number of aryl methyl sites for hydroxylation is 7. The van der Waals surface area contributed by atoms with E-state index in [9.17, 15) is 65.0 Å². The van der Waals surface area contributed by atoms with Crippen LogP contribution in [0.5, 0.6) is 23.5 Å². The van der Waals surface area contributed by atoms with Gasteiger partial charge in [-0.05, 0) is 80.9 Å². The van der Waals surface area contributed by atoms with Gasteiger partial charge < -0.3 is 39.5 Å². The number of carboxylic acid groups (broad SMARTS) is 1. The lowest BCUT2D eigenvalue weighted by Crippen LogP contribution is -2.25. The van der Waals surface area contributed by atoms with Gasteiger partial charge >= 0.3 is 11.9 Å². The molecule has 0 aliphatic carbocycles. The number of methoxy groups -OCH3 is 4. The molecule has 0 aliphatic heterocycles. The molecule has 0 bridgehead atoms. The number of anilines is 1. The number of pyridine rings is 6. The number of carbonyl (C=O) groups is 2. The number of nitrogens with one attached hydrogen (secondary N) is 1. The highest BCUT2D eigenvalue weighted by atomic mass is 16.6. The van der Waals surface area contributed by atoms with Crippen molar-refractivity contribution in [1.29, 1.82) is 0 Å². The van der Waals surface area contributed by atoms with Crippen molar-refractivity contribution in [2.75, 3.05) is 34.2 Å². The topological polar surface area (TPSA) is 440 Å². The van der Waals surface area contributed by atoms with Crippen LogP contribution in [-0.4, -0.2) is 106 Å². The number of aromatic nitrogens is 6. The van der Waals surface area contributed by atoms with Gasteiger partial charge in [0.05, 0.1) is 72.1 Å². The van der Waals surface area contributed by atoms with E-state index in [1.54, 1.807) is 61.6 Å². The first-order valence-electron chi connectivity index (χ1n) is 22.9. The minimum Gasteiger partial charge on any atom is -0.481 e. The van der Waals surface area contributed by atoms with Crippen LogP contribution in [0.25, 0.3) is 0 Å². The summed E-state index contributed by atoms with van der Waals surface area (Å²) in [5.41, 5.74) is 7.87. The Morgan fingerprint density at radius 2 is 1.01 bits per heavy atom. The molecule has 6 aromatic heterocycles. The molecular formula is C49H60N12O19. The van der Waals surface area contributed by atoms with E-state index < -0.39 is 48.6 Å². The molecule has 0 saturated heterocycles. The van der Waals surface area contributed by atoms with Crippen molar-refractivity contribution in [3.8, 4) is 23.5 Å². The van der Waals surface area contributed by atoms with Crippen molar-refractivity contribution in [3.05, 3.63) is 172 Å². The Balaban J connectivity index is 0.000000490. The fourth-order valence-electron chi connectivity index (χ4n) is 5.99. The highest BCUT2D eigenvalue weighted by Gasteiger charge is 2.25. The second-order valence-corrected chi connectivity index (χ2v) is 17.2. The minimum atomic E-state index is -1.18. The van der Waals surface area contributed by atoms with Gasteiger partial charge in [-0.25, -0.2) is 24.9 Å². The molecule has 31 nitrogen and oxygen atoms in total. The zero-order chi connectivity index (χ0) is 61.4. The number of ether oxygens (including phenoxy) is 5. The van der Waals surface area contributed by atoms with Gasteiger partial charge in [-0.2, -0.15) is 0 Å². The molecule has 0 saturated carbocycles. The van der Waals surface area contributed by atoms with Crippen molar-refractivity contribution in [1.82, 2.24) is 29.9 Å². The van der Waals surface area contributed by atoms with Crippen LogP contribution >= 0.6 is 0 Å². The van der Waals surface area contributed by atoms with Crippen LogP contribution in [0.3, 0.4) is 0 Å². The first-order chi connectivity index (χ1) is 37.2. The number of hydrogen-bond acceptors (Lipinski definition) is 24. The van der Waals surface area contributed by atoms with E-state index in [4.69, 9.17) is 34.5 Å². The summed E-state index contributed by atoms with van der Waals surface area (Å²) < 4.78 is 24.8. The van der Waals surface area contributed by atoms with Crippen LogP contribution in [0, 0.1) is 99.0 Å². The normalized spacial score (nSPS) is 9.97. The van der Waals surface area contributed by atoms with Crippen molar-refractivity contribution >= 4 is 46.2 Å². The van der Waals surface area contributed by atoms with Crippen LogP contribution in [0.1, 0.15) is 71.2 Å². The number of H-pyrrole nitrogens is 1. The van der Waals surface area contributed by atoms with Crippen molar-refractivity contribution in [2.24, 2.45) is 0 Å². The summed E-state index contributed by atoms with van der Waals surface area (Å²) in [7, 11) is 5.74. The molecule has 6 heterocycles. The number of nitro groups is 5. The lowest BCUT2D eigenvalue weighted by atomic mass is 10.1. The molecule has 6 aromatic rings. The van der Waals surface area contributed by atoms with Gasteiger partial charge in [0.2, 0.25) is 23.5 Å². The maximum atomic E-state index is 11.8. The Labute approximate surface area is 455 Å². The fraction of sp³-hybridized carbons (Fsp3) is 0.347. The third-order valence-corrected chi connectivity index (χ3v) is 9.75. The average Bonchev–Trinajstić information content (AvgIpc) is 3.37. The lowest BCUT2D eigenvalue weighted by Gasteiger charge is -2.19. The first kappa shape index (κ1) is 67.7. The van der Waals surface area contributed by atoms with Crippen LogP contribution in [0.2, 0.25) is 0 Å². The third-order valence-electron chi connectivity index (χ3n) is 9.75. The Hall–Kier alpha value is -10.4. The summed E-state index contributed by atoms with van der Waals surface area (Å²) in [6, 6.07) is 10.5. The number of rotatable bonds is 13. The predicted molar refractivity (Wildman–Crippen MR) is 286 cm³/mol. The van der Waals surface area contributed by atoms with E-state index in [0.717, 1.165) is 11.8 Å². The number of esters is 1. The largest absolute Gasteiger partial charge is 0.481 e. The molecule has 0 aliphatic rings. The predicted octanol–water partition coefficient (Wildman–Crippen LogP) is 7.61. The summed E-state index contributed by atoms with van der Waals surface area (Å²) in [6.07, 6.45) is 3.15. The third kappa shape index (κ3) is 22.5. The van der Waals surface area contributed by atoms with Gasteiger partial charge in [0.15, 0.2) is 0 Å². The summed E-state index contributed by atoms with van der Waals surface area (Å²) in [4.78, 5) is 105. The minimum absolute atomic E-state index is 0.0201. The molecule has 0 spiro atoms. The highest BCUT2D eigenvalue weighted by Crippen LogP contribution is 2.27. The number of nitrogens with two attached hydrogens (primary N) is 1. The molecule has 0 fully saturated rings. The maximum absolute atomic E-state index is 11.8. The van der Waals surface area contributed by atoms with Gasteiger partial charge in [0.1, 0.15) is 34.7 Å². The standard InChI is InChI=1S/C13H18N2O5.C9H10N2O5.C8H10N2O3.C7H8N2O3.C6H6N2O3.C6H8N2/c1-8-6-10(15(17)18)9(14-12(8)19-5)7-11(16)20-13(2,3)4;1-5-3-7(11(14)15)6(4-8(12)13)10-9(5)16-2;1-5-4-7(10(11)12)6(2)9-8(5)13-3;1-5-3-6(9(10)11)4-8-7(5)12-2;1-4-2-5(8(10)11)3-7-6(4)9;1-5-3-2-4-8-6(5)7/h6H,7H2,1-5H3;3H,4H2,1-2H3,(H,12,13);4H,1-3H3;3-4H,1-2H3;2-3H,1H3,(H,7,9);2-4H,1H3,(H2,7,8). The molecule has 0 amide bonds. The first-order valence-corrected chi connectivity index (χ1v) is 22.9. The number of nitrogens with zero attached hydrogens (tertiary/aromatic N) is 10. The molecule has 0 radical (unpaired) electrons. The number of aromatic amines is 1. The van der Waals surface area contributed by atoms with E-state index in [-0.39, 0.29) is 63.6 Å².